The molecule has 0 radical (unpaired) electrons. The molecule has 0 spiro atoms. The number of nitrogens with one attached hydrogen (secondary N) is 1. The van der Waals surface area contributed by atoms with Gasteiger partial charge in [0.1, 0.15) is 0 Å². The van der Waals surface area contributed by atoms with Gasteiger partial charge in [-0.25, -0.2) is 4.79 Å². The van der Waals surface area contributed by atoms with E-state index in [1.165, 1.54) is 0 Å². The molecule has 1 unspecified atom stereocenters. The van der Waals surface area contributed by atoms with Crippen LogP contribution >= 0.6 is 0 Å². The van der Waals surface area contributed by atoms with Gasteiger partial charge >= 0.3 is 6.03 Å². The minimum Gasteiger partial charge on any atom is -0.381 e. The van der Waals surface area contributed by atoms with E-state index in [1.54, 1.807) is 12.1 Å². The SMILES string of the molecule is CN(C(=O)N1CCCCC1CNC(=O)c1ccccc1)C1CCOCC1. The number of urea groups is 1. The molecule has 1 atom stereocenters. The van der Waals surface area contributed by atoms with Gasteiger partial charge in [0.15, 0.2) is 0 Å². The first-order chi connectivity index (χ1) is 12.7. The second kappa shape index (κ2) is 9.03. The number of hydrogen-bond acceptors (Lipinski definition) is 3. The molecule has 3 amide bonds. The minimum atomic E-state index is -0.0821. The number of ether oxygens (including phenoxy) is 1. The van der Waals surface area contributed by atoms with Crippen molar-refractivity contribution in [2.24, 2.45) is 0 Å². The first kappa shape index (κ1) is 18.7. The van der Waals surface area contributed by atoms with Crippen LogP contribution in [0.4, 0.5) is 4.79 Å². The number of hydrogen-bond donors (Lipinski definition) is 1. The summed E-state index contributed by atoms with van der Waals surface area (Å²) in [7, 11) is 1.90. The highest BCUT2D eigenvalue weighted by molar-refractivity contribution is 5.94. The van der Waals surface area contributed by atoms with Crippen LogP contribution in [0.3, 0.4) is 0 Å². The Bertz CT molecular complexity index is 602. The number of carbonyl (C=O) groups is 2. The monoisotopic (exact) mass is 359 g/mol. The Kier molecular flexibility index (Phi) is 6.50. The van der Waals surface area contributed by atoms with Gasteiger partial charge in [-0.1, -0.05) is 18.2 Å². The van der Waals surface area contributed by atoms with E-state index < -0.39 is 0 Å². The molecular weight excluding hydrogens is 330 g/mol. The van der Waals surface area contributed by atoms with Crippen LogP contribution in [-0.2, 0) is 4.74 Å². The summed E-state index contributed by atoms with van der Waals surface area (Å²) in [4.78, 5) is 29.2. The van der Waals surface area contributed by atoms with Crippen molar-refractivity contribution in [1.82, 2.24) is 15.1 Å². The number of likely N-dealkylation sites (tertiary alicyclic amines) is 1. The maximum absolute atomic E-state index is 13.0. The largest absolute Gasteiger partial charge is 0.381 e. The van der Waals surface area contributed by atoms with Gasteiger partial charge in [0.25, 0.3) is 5.91 Å². The molecule has 2 fully saturated rings. The van der Waals surface area contributed by atoms with E-state index in [0.29, 0.717) is 12.1 Å². The molecule has 142 valence electrons. The van der Waals surface area contributed by atoms with E-state index in [-0.39, 0.29) is 24.0 Å². The zero-order valence-electron chi connectivity index (χ0n) is 15.5. The predicted octanol–water partition coefficient (Wildman–Crippen LogP) is 2.50. The first-order valence-electron chi connectivity index (χ1n) is 9.61. The molecule has 2 saturated heterocycles. The van der Waals surface area contributed by atoms with Gasteiger partial charge in [-0.3, -0.25) is 4.79 Å². The summed E-state index contributed by atoms with van der Waals surface area (Å²) in [5.41, 5.74) is 0.653. The van der Waals surface area contributed by atoms with Crippen molar-refractivity contribution in [2.75, 3.05) is 33.4 Å². The lowest BCUT2D eigenvalue weighted by atomic mass is 10.0. The third kappa shape index (κ3) is 4.55. The average Bonchev–Trinajstić information content (AvgIpc) is 2.72. The summed E-state index contributed by atoms with van der Waals surface area (Å²) >= 11 is 0. The van der Waals surface area contributed by atoms with Gasteiger partial charge in [0, 0.05) is 45.0 Å². The Morgan fingerprint density at radius 2 is 1.88 bits per heavy atom. The Labute approximate surface area is 155 Å². The molecule has 0 bridgehead atoms. The summed E-state index contributed by atoms with van der Waals surface area (Å²) in [5, 5.41) is 3.00. The summed E-state index contributed by atoms with van der Waals surface area (Å²) in [6.07, 6.45) is 4.84. The maximum atomic E-state index is 13.0. The second-order valence-electron chi connectivity index (χ2n) is 7.16. The van der Waals surface area contributed by atoms with E-state index >= 15 is 0 Å². The van der Waals surface area contributed by atoms with Crippen molar-refractivity contribution in [3.8, 4) is 0 Å². The standard InChI is InChI=1S/C20H29N3O3/c1-22(17-10-13-26-14-11-17)20(25)23-12-6-5-9-18(23)15-21-19(24)16-7-3-2-4-8-16/h2-4,7-8,17-18H,5-6,9-15H2,1H3,(H,21,24). The van der Waals surface area contributed by atoms with Crippen LogP contribution in [-0.4, -0.2) is 67.2 Å². The summed E-state index contributed by atoms with van der Waals surface area (Å²) in [5.74, 6) is -0.0821. The van der Waals surface area contributed by atoms with Crippen LogP contribution in [0.25, 0.3) is 0 Å². The number of amides is 3. The van der Waals surface area contributed by atoms with E-state index in [4.69, 9.17) is 4.74 Å². The van der Waals surface area contributed by atoms with E-state index in [2.05, 4.69) is 5.32 Å². The molecular formula is C20H29N3O3. The molecule has 3 rings (SSSR count). The predicted molar refractivity (Wildman–Crippen MR) is 100 cm³/mol. The fraction of sp³-hybridized carbons (Fsp3) is 0.600. The van der Waals surface area contributed by atoms with Crippen LogP contribution < -0.4 is 5.32 Å². The lowest BCUT2D eigenvalue weighted by Crippen LogP contribution is -2.55. The van der Waals surface area contributed by atoms with Crippen molar-refractivity contribution in [3.63, 3.8) is 0 Å². The topological polar surface area (TPSA) is 61.9 Å². The van der Waals surface area contributed by atoms with Crippen LogP contribution in [0.5, 0.6) is 0 Å². The fourth-order valence-corrected chi connectivity index (χ4v) is 3.80. The van der Waals surface area contributed by atoms with Crippen molar-refractivity contribution in [1.29, 1.82) is 0 Å². The van der Waals surface area contributed by atoms with Crippen LogP contribution in [0.1, 0.15) is 42.5 Å². The van der Waals surface area contributed by atoms with Gasteiger partial charge in [0.05, 0.1) is 6.04 Å². The fourth-order valence-electron chi connectivity index (χ4n) is 3.80. The molecule has 1 aromatic rings. The van der Waals surface area contributed by atoms with Crippen LogP contribution in [0, 0.1) is 0 Å². The zero-order valence-corrected chi connectivity index (χ0v) is 15.5. The molecule has 0 aliphatic carbocycles. The van der Waals surface area contributed by atoms with Crippen molar-refractivity contribution >= 4 is 11.9 Å². The third-order valence-corrected chi connectivity index (χ3v) is 5.45. The lowest BCUT2D eigenvalue weighted by molar-refractivity contribution is 0.0408. The molecule has 1 aromatic carbocycles. The summed E-state index contributed by atoms with van der Waals surface area (Å²) in [6, 6.07) is 9.60. The van der Waals surface area contributed by atoms with Gasteiger partial charge in [0.2, 0.25) is 0 Å². The third-order valence-electron chi connectivity index (χ3n) is 5.45. The molecule has 2 aliphatic heterocycles. The van der Waals surface area contributed by atoms with E-state index in [0.717, 1.165) is 51.9 Å². The van der Waals surface area contributed by atoms with Crippen molar-refractivity contribution in [3.05, 3.63) is 35.9 Å². The van der Waals surface area contributed by atoms with Crippen molar-refractivity contribution in [2.45, 2.75) is 44.2 Å². The number of benzene rings is 1. The van der Waals surface area contributed by atoms with Crippen LogP contribution in [0.2, 0.25) is 0 Å². The minimum absolute atomic E-state index is 0.0613. The summed E-state index contributed by atoms with van der Waals surface area (Å²) in [6.45, 7) is 2.71. The van der Waals surface area contributed by atoms with Crippen LogP contribution in [0.15, 0.2) is 30.3 Å². The molecule has 1 N–H and O–H groups in total. The molecule has 2 heterocycles. The molecule has 26 heavy (non-hydrogen) atoms. The van der Waals surface area contributed by atoms with Gasteiger partial charge in [-0.15, -0.1) is 0 Å². The molecule has 6 nitrogen and oxygen atoms in total. The van der Waals surface area contributed by atoms with Gasteiger partial charge in [-0.2, -0.15) is 0 Å². The molecule has 0 aromatic heterocycles. The van der Waals surface area contributed by atoms with Gasteiger partial charge in [-0.05, 0) is 44.2 Å². The highest BCUT2D eigenvalue weighted by Crippen LogP contribution is 2.21. The average molecular weight is 359 g/mol. The normalized spacial score (nSPS) is 21.3. The zero-order chi connectivity index (χ0) is 18.4. The second-order valence-corrected chi connectivity index (χ2v) is 7.16. The summed E-state index contributed by atoms with van der Waals surface area (Å²) < 4.78 is 5.40. The number of nitrogens with zero attached hydrogens (tertiary/aromatic N) is 2. The Balaban J connectivity index is 1.58. The van der Waals surface area contributed by atoms with E-state index in [9.17, 15) is 9.59 Å². The highest BCUT2D eigenvalue weighted by Gasteiger charge is 2.32. The van der Waals surface area contributed by atoms with E-state index in [1.807, 2.05) is 35.0 Å². The molecule has 6 heteroatoms. The lowest BCUT2D eigenvalue weighted by Gasteiger charge is -2.41. The highest BCUT2D eigenvalue weighted by atomic mass is 16.5. The number of carbonyl (C=O) groups excluding carboxylic acids is 2. The molecule has 0 saturated carbocycles. The Morgan fingerprint density at radius 3 is 2.62 bits per heavy atom. The molecule has 2 aliphatic rings. The Hall–Kier alpha value is -2.08. The first-order valence-corrected chi connectivity index (χ1v) is 9.61. The smallest absolute Gasteiger partial charge is 0.320 e. The number of rotatable bonds is 4. The van der Waals surface area contributed by atoms with Gasteiger partial charge < -0.3 is 19.9 Å². The van der Waals surface area contributed by atoms with Crippen molar-refractivity contribution < 1.29 is 14.3 Å². The maximum Gasteiger partial charge on any atom is 0.320 e. The quantitative estimate of drug-likeness (QED) is 0.898. The number of piperidine rings is 1. The Morgan fingerprint density at radius 1 is 1.15 bits per heavy atom.